The Morgan fingerprint density at radius 1 is 1.37 bits per heavy atom. The lowest BCUT2D eigenvalue weighted by molar-refractivity contribution is 0.210. The van der Waals surface area contributed by atoms with Crippen LogP contribution in [0.25, 0.3) is 5.69 Å². The number of nitrogens with two attached hydrogens (primary N) is 1. The van der Waals surface area contributed by atoms with Gasteiger partial charge in [0.25, 0.3) is 0 Å². The lowest BCUT2D eigenvalue weighted by Gasteiger charge is -2.07. The zero-order valence-corrected chi connectivity index (χ0v) is 11.5. The summed E-state index contributed by atoms with van der Waals surface area (Å²) in [5, 5.41) is 7.42. The van der Waals surface area contributed by atoms with Gasteiger partial charge in [0, 0.05) is 13.7 Å². The molecule has 1 aromatic heterocycles. The fourth-order valence-corrected chi connectivity index (χ4v) is 1.88. The van der Waals surface area contributed by atoms with E-state index in [1.165, 1.54) is 5.56 Å². The average molecular weight is 261 g/mol. The van der Waals surface area contributed by atoms with Crippen LogP contribution < -0.4 is 11.1 Å². The molecule has 0 bridgehead atoms. The number of ether oxygens (including phenoxy) is 1. The molecule has 6 heteroatoms. The van der Waals surface area contributed by atoms with Gasteiger partial charge in [-0.3, -0.25) is 0 Å². The van der Waals surface area contributed by atoms with Crippen molar-refractivity contribution >= 4 is 11.9 Å². The van der Waals surface area contributed by atoms with Crippen LogP contribution >= 0.6 is 0 Å². The van der Waals surface area contributed by atoms with Crippen molar-refractivity contribution < 1.29 is 4.74 Å². The molecule has 0 aliphatic carbocycles. The molecule has 2 aromatic rings. The quantitative estimate of drug-likeness (QED) is 0.798. The normalized spacial score (nSPS) is 10.7. The molecular weight excluding hydrogens is 242 g/mol. The third-order valence-corrected chi connectivity index (χ3v) is 2.80. The third-order valence-electron chi connectivity index (χ3n) is 2.80. The Kier molecular flexibility index (Phi) is 4.01. The van der Waals surface area contributed by atoms with Gasteiger partial charge in [-0.1, -0.05) is 17.7 Å². The summed E-state index contributed by atoms with van der Waals surface area (Å²) in [6, 6.07) is 6.12. The molecule has 2 rings (SSSR count). The van der Waals surface area contributed by atoms with Gasteiger partial charge in [-0.15, -0.1) is 5.10 Å². The second-order valence-corrected chi connectivity index (χ2v) is 4.41. The number of methoxy groups -OCH3 is 1. The first-order valence-corrected chi connectivity index (χ1v) is 6.15. The molecule has 19 heavy (non-hydrogen) atoms. The number of benzene rings is 1. The molecule has 0 radical (unpaired) electrons. The molecule has 0 fully saturated rings. The summed E-state index contributed by atoms with van der Waals surface area (Å²) in [7, 11) is 1.65. The van der Waals surface area contributed by atoms with Gasteiger partial charge in [0.05, 0.1) is 12.3 Å². The number of nitrogen functional groups attached to an aromatic ring is 1. The predicted molar refractivity (Wildman–Crippen MR) is 75.6 cm³/mol. The topological polar surface area (TPSA) is 78.0 Å². The fraction of sp³-hybridized carbons (Fsp3) is 0.385. The maximum Gasteiger partial charge on any atom is 0.244 e. The maximum absolute atomic E-state index is 5.90. The van der Waals surface area contributed by atoms with Crippen LogP contribution in [-0.4, -0.2) is 35.0 Å². The van der Waals surface area contributed by atoms with E-state index >= 15 is 0 Å². The van der Waals surface area contributed by atoms with Crippen LogP contribution in [0.2, 0.25) is 0 Å². The van der Waals surface area contributed by atoms with Crippen LogP contribution in [0.3, 0.4) is 0 Å². The Morgan fingerprint density at radius 3 is 2.84 bits per heavy atom. The molecule has 102 valence electrons. The highest BCUT2D eigenvalue weighted by atomic mass is 16.5. The van der Waals surface area contributed by atoms with Gasteiger partial charge < -0.3 is 15.8 Å². The molecule has 6 nitrogen and oxygen atoms in total. The van der Waals surface area contributed by atoms with Crippen LogP contribution in [0, 0.1) is 13.8 Å². The van der Waals surface area contributed by atoms with Crippen molar-refractivity contribution in [2.75, 3.05) is 31.3 Å². The van der Waals surface area contributed by atoms with Crippen molar-refractivity contribution in [2.24, 2.45) is 0 Å². The van der Waals surface area contributed by atoms with E-state index in [1.54, 1.807) is 11.8 Å². The second kappa shape index (κ2) is 5.71. The first kappa shape index (κ1) is 13.4. The number of hydrogen-bond donors (Lipinski definition) is 2. The molecule has 0 aliphatic rings. The standard InChI is InChI=1S/C13H19N5O/c1-9-4-5-11(10(2)8-9)18-12(14)16-13(17-18)15-6-7-19-3/h4-5,8H,6-7H2,1-3H3,(H3,14,15,16,17). The lowest BCUT2D eigenvalue weighted by Crippen LogP contribution is -2.09. The molecule has 3 N–H and O–H groups in total. The largest absolute Gasteiger partial charge is 0.383 e. The summed E-state index contributed by atoms with van der Waals surface area (Å²) in [4.78, 5) is 4.19. The monoisotopic (exact) mass is 261 g/mol. The molecule has 0 aliphatic heterocycles. The highest BCUT2D eigenvalue weighted by Crippen LogP contribution is 2.18. The summed E-state index contributed by atoms with van der Waals surface area (Å²) in [6.07, 6.45) is 0. The van der Waals surface area contributed by atoms with E-state index in [0.717, 1.165) is 11.3 Å². The SMILES string of the molecule is COCCNc1nc(N)n(-c2ccc(C)cc2C)n1. The van der Waals surface area contributed by atoms with Crippen LogP contribution in [0.15, 0.2) is 18.2 Å². The highest BCUT2D eigenvalue weighted by Gasteiger charge is 2.10. The van der Waals surface area contributed by atoms with E-state index < -0.39 is 0 Å². The fourth-order valence-electron chi connectivity index (χ4n) is 1.88. The van der Waals surface area contributed by atoms with Crippen molar-refractivity contribution in [1.29, 1.82) is 0 Å². The Labute approximate surface area is 112 Å². The third kappa shape index (κ3) is 3.03. The molecular formula is C13H19N5O. The number of hydrogen-bond acceptors (Lipinski definition) is 5. The van der Waals surface area contributed by atoms with E-state index in [4.69, 9.17) is 10.5 Å². The van der Waals surface area contributed by atoms with Gasteiger partial charge in [0.2, 0.25) is 11.9 Å². The van der Waals surface area contributed by atoms with E-state index in [-0.39, 0.29) is 0 Å². The molecule has 0 saturated carbocycles. The summed E-state index contributed by atoms with van der Waals surface area (Å²) in [5.74, 6) is 0.876. The number of aromatic nitrogens is 3. The number of aryl methyl sites for hydroxylation is 2. The number of nitrogens with one attached hydrogen (secondary N) is 1. The van der Waals surface area contributed by atoms with Crippen LogP contribution in [0.5, 0.6) is 0 Å². The minimum absolute atomic E-state index is 0.367. The van der Waals surface area contributed by atoms with Crippen molar-refractivity contribution in [3.63, 3.8) is 0 Å². The second-order valence-electron chi connectivity index (χ2n) is 4.41. The Morgan fingerprint density at radius 2 is 2.16 bits per heavy atom. The molecule has 0 amide bonds. The Bertz CT molecular complexity index is 564. The smallest absolute Gasteiger partial charge is 0.244 e. The lowest BCUT2D eigenvalue weighted by atomic mass is 10.1. The zero-order valence-electron chi connectivity index (χ0n) is 11.5. The minimum atomic E-state index is 0.367. The van der Waals surface area contributed by atoms with E-state index in [9.17, 15) is 0 Å². The number of rotatable bonds is 5. The van der Waals surface area contributed by atoms with Gasteiger partial charge in [-0.2, -0.15) is 9.67 Å². The van der Waals surface area contributed by atoms with Gasteiger partial charge in [-0.05, 0) is 25.5 Å². The summed E-state index contributed by atoms with van der Waals surface area (Å²) >= 11 is 0. The minimum Gasteiger partial charge on any atom is -0.383 e. The van der Waals surface area contributed by atoms with Crippen LogP contribution in [-0.2, 0) is 4.74 Å². The van der Waals surface area contributed by atoms with Gasteiger partial charge >= 0.3 is 0 Å². The Hall–Kier alpha value is -2.08. The zero-order chi connectivity index (χ0) is 13.8. The number of anilines is 2. The maximum atomic E-state index is 5.90. The number of nitrogens with zero attached hydrogens (tertiary/aromatic N) is 3. The molecule has 0 unspecified atom stereocenters. The summed E-state index contributed by atoms with van der Waals surface area (Å²) in [6.45, 7) is 5.32. The molecule has 0 atom stereocenters. The van der Waals surface area contributed by atoms with E-state index in [0.29, 0.717) is 25.0 Å². The van der Waals surface area contributed by atoms with Crippen molar-refractivity contribution in [1.82, 2.24) is 14.8 Å². The highest BCUT2D eigenvalue weighted by molar-refractivity contribution is 5.47. The van der Waals surface area contributed by atoms with Crippen molar-refractivity contribution in [3.05, 3.63) is 29.3 Å². The summed E-state index contributed by atoms with van der Waals surface area (Å²) < 4.78 is 6.60. The van der Waals surface area contributed by atoms with E-state index in [2.05, 4.69) is 28.4 Å². The van der Waals surface area contributed by atoms with Crippen molar-refractivity contribution in [3.8, 4) is 5.69 Å². The van der Waals surface area contributed by atoms with E-state index in [1.807, 2.05) is 19.1 Å². The van der Waals surface area contributed by atoms with Crippen molar-refractivity contribution in [2.45, 2.75) is 13.8 Å². The van der Waals surface area contributed by atoms with Gasteiger partial charge in [-0.25, -0.2) is 0 Å². The summed E-state index contributed by atoms with van der Waals surface area (Å²) in [5.41, 5.74) is 9.16. The predicted octanol–water partition coefficient (Wildman–Crippen LogP) is 1.52. The first-order valence-electron chi connectivity index (χ1n) is 6.15. The molecule has 0 saturated heterocycles. The van der Waals surface area contributed by atoms with Crippen LogP contribution in [0.4, 0.5) is 11.9 Å². The van der Waals surface area contributed by atoms with Crippen LogP contribution in [0.1, 0.15) is 11.1 Å². The Balaban J connectivity index is 2.24. The van der Waals surface area contributed by atoms with Gasteiger partial charge in [0.1, 0.15) is 0 Å². The average Bonchev–Trinajstić information content (AvgIpc) is 2.71. The molecule has 1 heterocycles. The van der Waals surface area contributed by atoms with Gasteiger partial charge in [0.15, 0.2) is 0 Å². The molecule has 0 spiro atoms. The molecule has 1 aromatic carbocycles. The first-order chi connectivity index (χ1) is 9.11.